The number of esters is 1. The van der Waals surface area contributed by atoms with Gasteiger partial charge in [0.15, 0.2) is 0 Å². The van der Waals surface area contributed by atoms with E-state index in [-0.39, 0.29) is 17.3 Å². The first-order valence-corrected chi connectivity index (χ1v) is 7.13. The van der Waals surface area contributed by atoms with Crippen LogP contribution in [0.5, 0.6) is 0 Å². The Labute approximate surface area is 120 Å². The minimum absolute atomic E-state index is 0.189. The number of hydrogen-bond acceptors (Lipinski definition) is 4. The lowest BCUT2D eigenvalue weighted by atomic mass is 9.54. The van der Waals surface area contributed by atoms with E-state index in [0.29, 0.717) is 18.4 Å². The molecule has 20 heavy (non-hydrogen) atoms. The number of aliphatic hydroxyl groups excluding tert-OH is 2. The summed E-state index contributed by atoms with van der Waals surface area (Å²) in [7, 11) is 1.32. The van der Waals surface area contributed by atoms with Crippen molar-refractivity contribution < 1.29 is 19.7 Å². The van der Waals surface area contributed by atoms with E-state index in [2.05, 4.69) is 13.2 Å². The van der Waals surface area contributed by atoms with Gasteiger partial charge in [0.1, 0.15) is 0 Å². The van der Waals surface area contributed by atoms with Gasteiger partial charge in [-0.15, -0.1) is 0 Å². The molecule has 0 amide bonds. The highest BCUT2D eigenvalue weighted by Gasteiger charge is 2.53. The SMILES string of the molecule is C=C1CC[C@@H](O)[C@@]2(C)CC[C@@H](C(=C)C(=O)OC)[C@H](O)[C@@H]12. The number of ether oxygens (including phenoxy) is 1. The number of hydrogen-bond donors (Lipinski definition) is 2. The van der Waals surface area contributed by atoms with Crippen molar-refractivity contribution in [1.82, 2.24) is 0 Å². The maximum Gasteiger partial charge on any atom is 0.333 e. The Morgan fingerprint density at radius 3 is 2.65 bits per heavy atom. The molecule has 0 unspecified atom stereocenters. The van der Waals surface area contributed by atoms with Gasteiger partial charge in [0.05, 0.1) is 19.3 Å². The van der Waals surface area contributed by atoms with Crippen molar-refractivity contribution in [2.75, 3.05) is 7.11 Å². The van der Waals surface area contributed by atoms with Gasteiger partial charge in [-0.3, -0.25) is 0 Å². The molecule has 0 aromatic rings. The molecule has 2 saturated carbocycles. The van der Waals surface area contributed by atoms with Crippen LogP contribution in [0.4, 0.5) is 0 Å². The molecule has 2 N–H and O–H groups in total. The minimum atomic E-state index is -0.734. The van der Waals surface area contributed by atoms with Crippen molar-refractivity contribution in [1.29, 1.82) is 0 Å². The number of carbonyl (C=O) groups excluding carboxylic acids is 1. The summed E-state index contributed by atoms with van der Waals surface area (Å²) in [5, 5.41) is 21.0. The van der Waals surface area contributed by atoms with E-state index in [4.69, 9.17) is 4.74 Å². The van der Waals surface area contributed by atoms with Crippen LogP contribution in [-0.4, -0.2) is 35.5 Å². The number of carbonyl (C=O) groups is 1. The third-order valence-corrected chi connectivity index (χ3v) is 5.29. The first kappa shape index (κ1) is 15.3. The molecule has 0 bridgehead atoms. The van der Waals surface area contributed by atoms with Gasteiger partial charge in [-0.05, 0) is 25.7 Å². The van der Waals surface area contributed by atoms with Crippen molar-refractivity contribution >= 4 is 5.97 Å². The van der Waals surface area contributed by atoms with Crippen LogP contribution in [-0.2, 0) is 9.53 Å². The molecule has 5 atom stereocenters. The third kappa shape index (κ3) is 2.21. The third-order valence-electron chi connectivity index (χ3n) is 5.29. The van der Waals surface area contributed by atoms with Crippen molar-refractivity contribution in [3.63, 3.8) is 0 Å². The summed E-state index contributed by atoms with van der Waals surface area (Å²) in [5.74, 6) is -0.978. The summed E-state index contributed by atoms with van der Waals surface area (Å²) >= 11 is 0. The largest absolute Gasteiger partial charge is 0.466 e. The van der Waals surface area contributed by atoms with Crippen LogP contribution in [0.15, 0.2) is 24.3 Å². The molecule has 2 fully saturated rings. The van der Waals surface area contributed by atoms with Crippen LogP contribution >= 0.6 is 0 Å². The van der Waals surface area contributed by atoms with Gasteiger partial charge in [-0.1, -0.05) is 25.7 Å². The molecule has 0 spiro atoms. The van der Waals surface area contributed by atoms with Crippen LogP contribution in [0, 0.1) is 17.3 Å². The molecule has 2 aliphatic carbocycles. The summed E-state index contributed by atoms with van der Waals surface area (Å²) in [6.45, 7) is 9.85. The Balaban J connectivity index is 2.27. The van der Waals surface area contributed by atoms with E-state index in [9.17, 15) is 15.0 Å². The van der Waals surface area contributed by atoms with E-state index < -0.39 is 18.2 Å². The Morgan fingerprint density at radius 2 is 2.05 bits per heavy atom. The molecular formula is C16H24O4. The molecule has 0 aromatic heterocycles. The second kappa shape index (κ2) is 5.34. The predicted octanol–water partition coefficient (Wildman–Crippen LogP) is 1.82. The first-order chi connectivity index (χ1) is 9.32. The van der Waals surface area contributed by atoms with Crippen LogP contribution < -0.4 is 0 Å². The van der Waals surface area contributed by atoms with Crippen LogP contribution in [0.2, 0.25) is 0 Å². The van der Waals surface area contributed by atoms with Gasteiger partial charge in [0.25, 0.3) is 0 Å². The molecule has 0 aliphatic heterocycles. The van der Waals surface area contributed by atoms with Gasteiger partial charge >= 0.3 is 5.97 Å². The van der Waals surface area contributed by atoms with Gasteiger partial charge in [-0.25, -0.2) is 4.79 Å². The van der Waals surface area contributed by atoms with Crippen molar-refractivity contribution in [3.8, 4) is 0 Å². The smallest absolute Gasteiger partial charge is 0.333 e. The highest BCUT2D eigenvalue weighted by molar-refractivity contribution is 5.88. The van der Waals surface area contributed by atoms with Gasteiger partial charge in [-0.2, -0.15) is 0 Å². The molecule has 0 aromatic carbocycles. The molecule has 4 nitrogen and oxygen atoms in total. The lowest BCUT2D eigenvalue weighted by Crippen LogP contribution is -2.54. The molecule has 0 radical (unpaired) electrons. The monoisotopic (exact) mass is 280 g/mol. The Morgan fingerprint density at radius 1 is 1.40 bits per heavy atom. The van der Waals surface area contributed by atoms with E-state index >= 15 is 0 Å². The lowest BCUT2D eigenvalue weighted by molar-refractivity contribution is -0.140. The summed E-state index contributed by atoms with van der Waals surface area (Å²) in [6.07, 6.45) is 1.63. The Bertz CT molecular complexity index is 442. The minimum Gasteiger partial charge on any atom is -0.466 e. The topological polar surface area (TPSA) is 66.8 Å². The second-order valence-corrected chi connectivity index (χ2v) is 6.35. The van der Waals surface area contributed by atoms with E-state index in [1.54, 1.807) is 0 Å². The van der Waals surface area contributed by atoms with Gasteiger partial charge in [0, 0.05) is 22.8 Å². The summed E-state index contributed by atoms with van der Waals surface area (Å²) in [6, 6.07) is 0. The normalized spacial score (nSPS) is 40.9. The summed E-state index contributed by atoms with van der Waals surface area (Å²) < 4.78 is 4.70. The van der Waals surface area contributed by atoms with E-state index in [0.717, 1.165) is 18.4 Å². The second-order valence-electron chi connectivity index (χ2n) is 6.35. The van der Waals surface area contributed by atoms with Crippen LogP contribution in [0.3, 0.4) is 0 Å². The molecule has 4 heteroatoms. The maximum absolute atomic E-state index is 11.6. The van der Waals surface area contributed by atoms with Crippen molar-refractivity contribution in [2.45, 2.75) is 44.8 Å². The van der Waals surface area contributed by atoms with E-state index in [1.807, 2.05) is 6.92 Å². The highest BCUT2D eigenvalue weighted by atomic mass is 16.5. The lowest BCUT2D eigenvalue weighted by Gasteiger charge is -2.53. The molecular weight excluding hydrogens is 256 g/mol. The zero-order valence-electron chi connectivity index (χ0n) is 12.3. The zero-order chi connectivity index (χ0) is 15.1. The van der Waals surface area contributed by atoms with Crippen molar-refractivity contribution in [3.05, 3.63) is 24.3 Å². The Hall–Kier alpha value is -1.13. The highest BCUT2D eigenvalue weighted by Crippen LogP contribution is 2.54. The summed E-state index contributed by atoms with van der Waals surface area (Å²) in [4.78, 5) is 11.6. The van der Waals surface area contributed by atoms with E-state index in [1.165, 1.54) is 7.11 Å². The predicted molar refractivity (Wildman–Crippen MR) is 75.9 cm³/mol. The molecule has 0 heterocycles. The maximum atomic E-state index is 11.6. The van der Waals surface area contributed by atoms with Crippen LogP contribution in [0.1, 0.15) is 32.6 Å². The zero-order valence-corrected chi connectivity index (χ0v) is 12.3. The Kier molecular flexibility index (Phi) is 4.07. The average molecular weight is 280 g/mol. The average Bonchev–Trinajstić information content (AvgIpc) is 2.42. The molecule has 0 saturated heterocycles. The van der Waals surface area contributed by atoms with Gasteiger partial charge < -0.3 is 14.9 Å². The molecule has 112 valence electrons. The number of aliphatic hydroxyl groups is 2. The first-order valence-electron chi connectivity index (χ1n) is 7.13. The summed E-state index contributed by atoms with van der Waals surface area (Å²) in [5.41, 5.74) is 0.921. The van der Waals surface area contributed by atoms with Crippen LogP contribution in [0.25, 0.3) is 0 Å². The fourth-order valence-electron chi connectivity index (χ4n) is 3.97. The molecule has 2 aliphatic rings. The fourth-order valence-corrected chi connectivity index (χ4v) is 3.97. The quantitative estimate of drug-likeness (QED) is 0.460. The number of fused-ring (bicyclic) bond motifs is 1. The van der Waals surface area contributed by atoms with Crippen molar-refractivity contribution in [2.24, 2.45) is 17.3 Å². The molecule has 2 rings (SSSR count). The van der Waals surface area contributed by atoms with Gasteiger partial charge in [0.2, 0.25) is 0 Å². The fraction of sp³-hybridized carbons (Fsp3) is 0.688. The number of methoxy groups -OCH3 is 1. The standard InChI is InChI=1S/C16H24O4/c1-9-5-6-12(17)16(3)8-7-11(14(18)13(9)16)10(2)15(19)20-4/h11-14,17-18H,1-2,5-8H2,3-4H3/t11-,12+,13+,14-,16+/m0/s1. The number of rotatable bonds is 2.